The van der Waals surface area contributed by atoms with Crippen LogP contribution in [0.2, 0.25) is 0 Å². The maximum absolute atomic E-state index is 12.9. The second-order valence-electron chi connectivity index (χ2n) is 6.40. The lowest BCUT2D eigenvalue weighted by Crippen LogP contribution is -2.44. The van der Waals surface area contributed by atoms with Crippen molar-refractivity contribution in [1.82, 2.24) is 9.21 Å². The van der Waals surface area contributed by atoms with E-state index in [1.54, 1.807) is 31.3 Å². The van der Waals surface area contributed by atoms with Gasteiger partial charge in [-0.25, -0.2) is 8.42 Å². The molecule has 0 saturated carbocycles. The first-order valence-electron chi connectivity index (χ1n) is 8.46. The summed E-state index contributed by atoms with van der Waals surface area (Å²) in [6.45, 7) is 3.16. The third kappa shape index (κ3) is 3.02. The van der Waals surface area contributed by atoms with Gasteiger partial charge < -0.3 is 9.64 Å². The van der Waals surface area contributed by atoms with Crippen molar-refractivity contribution >= 4 is 15.9 Å². The summed E-state index contributed by atoms with van der Waals surface area (Å²) in [7, 11) is -1.97. The SMILES string of the molecule is CCCC(=O)N1CC[C@@H]2[C@@H](CC1)Oc1ccccc1S(=O)(=O)N2C. The Morgan fingerprint density at radius 3 is 2.71 bits per heavy atom. The molecule has 0 spiro atoms. The molecule has 0 aromatic heterocycles. The first kappa shape index (κ1) is 17.2. The van der Waals surface area contributed by atoms with Crippen LogP contribution in [0.5, 0.6) is 5.75 Å². The maximum atomic E-state index is 12.9. The molecule has 0 radical (unpaired) electrons. The zero-order chi connectivity index (χ0) is 17.3. The molecule has 6 nitrogen and oxygen atoms in total. The van der Waals surface area contributed by atoms with E-state index >= 15 is 0 Å². The van der Waals surface area contributed by atoms with Gasteiger partial charge in [0.05, 0.1) is 6.04 Å². The number of rotatable bonds is 2. The molecule has 1 aromatic rings. The zero-order valence-electron chi connectivity index (χ0n) is 14.1. The van der Waals surface area contributed by atoms with Crippen LogP contribution >= 0.6 is 0 Å². The van der Waals surface area contributed by atoms with E-state index < -0.39 is 10.0 Å². The minimum atomic E-state index is -3.59. The smallest absolute Gasteiger partial charge is 0.246 e. The van der Waals surface area contributed by atoms with Gasteiger partial charge in [-0.05, 0) is 25.0 Å². The average Bonchev–Trinajstić information content (AvgIpc) is 2.80. The molecule has 1 fully saturated rings. The number of hydrogen-bond acceptors (Lipinski definition) is 4. The highest BCUT2D eigenvalue weighted by Crippen LogP contribution is 2.35. The molecule has 1 amide bonds. The Hall–Kier alpha value is -1.60. The number of fused-ring (bicyclic) bond motifs is 2. The van der Waals surface area contributed by atoms with Crippen LogP contribution in [0.15, 0.2) is 29.2 Å². The summed E-state index contributed by atoms with van der Waals surface area (Å²) in [5.41, 5.74) is 0. The van der Waals surface area contributed by atoms with Gasteiger partial charge in [0.25, 0.3) is 0 Å². The molecule has 7 heteroatoms. The van der Waals surface area contributed by atoms with Crippen molar-refractivity contribution in [2.24, 2.45) is 0 Å². The summed E-state index contributed by atoms with van der Waals surface area (Å²) in [4.78, 5) is 14.2. The van der Waals surface area contributed by atoms with Crippen molar-refractivity contribution in [3.63, 3.8) is 0 Å². The van der Waals surface area contributed by atoms with Crippen LogP contribution in [0.3, 0.4) is 0 Å². The molecular formula is C17H24N2O4S. The Bertz CT molecular complexity index is 719. The Morgan fingerprint density at radius 2 is 1.96 bits per heavy atom. The molecule has 24 heavy (non-hydrogen) atoms. The maximum Gasteiger partial charge on any atom is 0.246 e. The highest BCUT2D eigenvalue weighted by atomic mass is 32.2. The number of likely N-dealkylation sites (N-methyl/N-ethyl adjacent to an activating group) is 1. The number of sulfonamides is 1. The van der Waals surface area contributed by atoms with Crippen molar-refractivity contribution < 1.29 is 17.9 Å². The molecule has 0 bridgehead atoms. The molecule has 2 aliphatic rings. The van der Waals surface area contributed by atoms with Crippen LogP contribution in [0, 0.1) is 0 Å². The number of benzene rings is 1. The van der Waals surface area contributed by atoms with Crippen LogP contribution in [-0.2, 0) is 14.8 Å². The molecule has 1 saturated heterocycles. The summed E-state index contributed by atoms with van der Waals surface area (Å²) in [5, 5.41) is 0. The van der Waals surface area contributed by atoms with Gasteiger partial charge in [0.1, 0.15) is 16.7 Å². The highest BCUT2D eigenvalue weighted by molar-refractivity contribution is 7.89. The van der Waals surface area contributed by atoms with E-state index in [9.17, 15) is 13.2 Å². The molecule has 0 N–H and O–H groups in total. The number of likely N-dealkylation sites (tertiary alicyclic amines) is 1. The average molecular weight is 352 g/mol. The van der Waals surface area contributed by atoms with Crippen LogP contribution in [0.1, 0.15) is 32.6 Å². The number of carbonyl (C=O) groups excluding carboxylic acids is 1. The Kier molecular flexibility index (Phi) is 4.83. The van der Waals surface area contributed by atoms with Crippen LogP contribution < -0.4 is 4.74 Å². The molecular weight excluding hydrogens is 328 g/mol. The van der Waals surface area contributed by atoms with Crippen LogP contribution in [0.25, 0.3) is 0 Å². The standard InChI is InChI=1S/C17H24N2O4S/c1-3-6-17(20)19-11-9-13-14(10-12-19)23-15-7-4-5-8-16(15)24(21,22)18(13)2/h4-5,7-8,13-14H,3,6,9-12H2,1-2H3/t13-,14-/m1/s1. The molecule has 0 unspecified atom stereocenters. The molecule has 0 aliphatic carbocycles. The number of ether oxygens (including phenoxy) is 1. The summed E-state index contributed by atoms with van der Waals surface area (Å²) in [6, 6.07) is 6.52. The quantitative estimate of drug-likeness (QED) is 0.815. The number of nitrogens with zero attached hydrogens (tertiary/aromatic N) is 2. The van der Waals surface area contributed by atoms with E-state index in [1.807, 2.05) is 11.8 Å². The van der Waals surface area contributed by atoms with E-state index in [4.69, 9.17) is 4.74 Å². The first-order valence-corrected chi connectivity index (χ1v) is 9.90. The van der Waals surface area contributed by atoms with Crippen molar-refractivity contribution in [3.8, 4) is 5.75 Å². The second kappa shape index (κ2) is 6.72. The van der Waals surface area contributed by atoms with Crippen molar-refractivity contribution in [1.29, 1.82) is 0 Å². The van der Waals surface area contributed by atoms with Gasteiger partial charge in [-0.15, -0.1) is 0 Å². The monoisotopic (exact) mass is 352 g/mol. The van der Waals surface area contributed by atoms with E-state index in [0.29, 0.717) is 38.1 Å². The fourth-order valence-electron chi connectivity index (χ4n) is 3.49. The van der Waals surface area contributed by atoms with E-state index in [2.05, 4.69) is 0 Å². The van der Waals surface area contributed by atoms with Crippen molar-refractivity contribution in [3.05, 3.63) is 24.3 Å². The van der Waals surface area contributed by atoms with Gasteiger partial charge in [0.15, 0.2) is 0 Å². The van der Waals surface area contributed by atoms with Gasteiger partial charge in [-0.2, -0.15) is 4.31 Å². The van der Waals surface area contributed by atoms with Gasteiger partial charge in [-0.1, -0.05) is 19.1 Å². The summed E-state index contributed by atoms with van der Waals surface area (Å²) in [6.07, 6.45) is 2.33. The third-order valence-electron chi connectivity index (χ3n) is 4.88. The second-order valence-corrected chi connectivity index (χ2v) is 8.37. The Labute approximate surface area is 143 Å². The number of para-hydroxylation sites is 1. The largest absolute Gasteiger partial charge is 0.487 e. The summed E-state index contributed by atoms with van der Waals surface area (Å²) < 4.78 is 33.3. The van der Waals surface area contributed by atoms with Crippen molar-refractivity contribution in [2.45, 2.75) is 49.6 Å². The molecule has 2 aliphatic heterocycles. The molecule has 132 valence electrons. The predicted octanol–water partition coefficient (Wildman–Crippen LogP) is 1.86. The highest BCUT2D eigenvalue weighted by Gasteiger charge is 2.41. The molecule has 1 aromatic carbocycles. The van der Waals surface area contributed by atoms with Gasteiger partial charge >= 0.3 is 0 Å². The van der Waals surface area contributed by atoms with Crippen LogP contribution in [-0.4, -0.2) is 55.8 Å². The lowest BCUT2D eigenvalue weighted by Gasteiger charge is -2.28. The van der Waals surface area contributed by atoms with E-state index in [0.717, 1.165) is 6.42 Å². The Balaban J connectivity index is 1.90. The number of carbonyl (C=O) groups is 1. The fourth-order valence-corrected chi connectivity index (χ4v) is 5.02. The molecule has 3 rings (SSSR count). The lowest BCUT2D eigenvalue weighted by atomic mass is 10.1. The fraction of sp³-hybridized carbons (Fsp3) is 0.588. The van der Waals surface area contributed by atoms with Crippen LogP contribution in [0.4, 0.5) is 0 Å². The molecule has 2 atom stereocenters. The van der Waals surface area contributed by atoms with E-state index in [1.165, 1.54) is 4.31 Å². The normalized spacial score (nSPS) is 26.5. The minimum absolute atomic E-state index is 0.139. The first-order chi connectivity index (χ1) is 11.4. The summed E-state index contributed by atoms with van der Waals surface area (Å²) >= 11 is 0. The van der Waals surface area contributed by atoms with Gasteiger partial charge in [0, 0.05) is 33.0 Å². The lowest BCUT2D eigenvalue weighted by molar-refractivity contribution is -0.131. The zero-order valence-corrected chi connectivity index (χ0v) is 15.0. The van der Waals surface area contributed by atoms with Gasteiger partial charge in [0.2, 0.25) is 15.9 Å². The number of amides is 1. The van der Waals surface area contributed by atoms with Crippen molar-refractivity contribution in [2.75, 3.05) is 20.1 Å². The van der Waals surface area contributed by atoms with Gasteiger partial charge in [-0.3, -0.25) is 4.79 Å². The molecule has 2 heterocycles. The third-order valence-corrected chi connectivity index (χ3v) is 6.80. The minimum Gasteiger partial charge on any atom is -0.487 e. The van der Waals surface area contributed by atoms with E-state index in [-0.39, 0.29) is 22.9 Å². The summed E-state index contributed by atoms with van der Waals surface area (Å²) in [5.74, 6) is 0.546. The number of hydrogen-bond donors (Lipinski definition) is 0. The Morgan fingerprint density at radius 1 is 1.25 bits per heavy atom. The predicted molar refractivity (Wildman–Crippen MR) is 90.3 cm³/mol. The topological polar surface area (TPSA) is 66.9 Å².